The smallest absolute Gasteiger partial charge is 0.319 e. The number of carbonyl (C=O) groups excluding carboxylic acids is 1. The van der Waals surface area contributed by atoms with E-state index in [0.717, 1.165) is 28.8 Å². The Morgan fingerprint density at radius 1 is 1.55 bits per heavy atom. The van der Waals surface area contributed by atoms with Gasteiger partial charge in [-0.1, -0.05) is 17.8 Å². The van der Waals surface area contributed by atoms with Crippen molar-refractivity contribution in [3.8, 4) is 10.7 Å². The van der Waals surface area contributed by atoms with E-state index in [4.69, 9.17) is 4.74 Å². The van der Waals surface area contributed by atoms with Crippen molar-refractivity contribution in [3.63, 3.8) is 0 Å². The summed E-state index contributed by atoms with van der Waals surface area (Å²) in [5.41, 5.74) is 0. The van der Waals surface area contributed by atoms with Gasteiger partial charge in [0, 0.05) is 13.0 Å². The molecule has 0 spiro atoms. The molecule has 0 aliphatic carbocycles. The van der Waals surface area contributed by atoms with Crippen LogP contribution in [-0.4, -0.2) is 32.1 Å². The van der Waals surface area contributed by atoms with Gasteiger partial charge in [-0.2, -0.15) is 0 Å². The molecule has 0 N–H and O–H groups in total. The Balaban J connectivity index is 1.86. The molecular weight excluding hydrogens is 294 g/mol. The van der Waals surface area contributed by atoms with Crippen molar-refractivity contribution in [2.45, 2.75) is 43.3 Å². The van der Waals surface area contributed by atoms with E-state index < -0.39 is 0 Å². The summed E-state index contributed by atoms with van der Waals surface area (Å²) < 4.78 is 7.23. The standard InChI is InChI=1S/C13H15N3O2S2/c1-3-16-11(9-5-4-6-19-9)14-15-13(16)20-10-7-8(2)18-12(10)17/h4-6,8,10H,3,7H2,1-2H3/t8-,10+/m0/s1. The number of esters is 1. The number of rotatable bonds is 4. The van der Waals surface area contributed by atoms with E-state index in [2.05, 4.69) is 17.1 Å². The van der Waals surface area contributed by atoms with E-state index in [1.54, 1.807) is 11.3 Å². The summed E-state index contributed by atoms with van der Waals surface area (Å²) in [7, 11) is 0. The first kappa shape index (κ1) is 13.6. The van der Waals surface area contributed by atoms with Crippen LogP contribution in [-0.2, 0) is 16.1 Å². The molecule has 3 rings (SSSR count). The lowest BCUT2D eigenvalue weighted by atomic mass is 10.3. The van der Waals surface area contributed by atoms with Gasteiger partial charge in [-0.15, -0.1) is 21.5 Å². The van der Waals surface area contributed by atoms with Gasteiger partial charge in [-0.05, 0) is 25.3 Å². The normalized spacial score (nSPS) is 22.2. The van der Waals surface area contributed by atoms with Crippen molar-refractivity contribution in [1.29, 1.82) is 0 Å². The third kappa shape index (κ3) is 2.47. The molecule has 2 atom stereocenters. The van der Waals surface area contributed by atoms with Crippen LogP contribution in [0.5, 0.6) is 0 Å². The maximum absolute atomic E-state index is 11.7. The lowest BCUT2D eigenvalue weighted by molar-refractivity contribution is -0.140. The zero-order valence-electron chi connectivity index (χ0n) is 11.3. The van der Waals surface area contributed by atoms with Crippen molar-refractivity contribution in [1.82, 2.24) is 14.8 Å². The molecule has 106 valence electrons. The topological polar surface area (TPSA) is 57.0 Å². The average Bonchev–Trinajstić information content (AvgIpc) is 3.11. The molecule has 0 unspecified atom stereocenters. The van der Waals surface area contributed by atoms with Gasteiger partial charge in [-0.25, -0.2) is 0 Å². The van der Waals surface area contributed by atoms with Gasteiger partial charge in [0.15, 0.2) is 11.0 Å². The first-order valence-electron chi connectivity index (χ1n) is 6.53. The second kappa shape index (κ2) is 5.57. The average molecular weight is 309 g/mol. The van der Waals surface area contributed by atoms with E-state index in [0.29, 0.717) is 0 Å². The Labute approximate surface area is 125 Å². The molecule has 7 heteroatoms. The number of ether oxygens (including phenoxy) is 1. The molecule has 1 aliphatic heterocycles. The highest BCUT2D eigenvalue weighted by molar-refractivity contribution is 8.00. The van der Waals surface area contributed by atoms with Crippen LogP contribution >= 0.6 is 23.1 Å². The fourth-order valence-corrected chi connectivity index (χ4v) is 4.11. The van der Waals surface area contributed by atoms with Crippen LogP contribution in [0.15, 0.2) is 22.7 Å². The first-order chi connectivity index (χ1) is 9.69. The van der Waals surface area contributed by atoms with Gasteiger partial charge >= 0.3 is 5.97 Å². The number of cyclic esters (lactones) is 1. The van der Waals surface area contributed by atoms with Crippen molar-refractivity contribution in [3.05, 3.63) is 17.5 Å². The number of hydrogen-bond donors (Lipinski definition) is 0. The minimum atomic E-state index is -0.171. The number of carbonyl (C=O) groups is 1. The van der Waals surface area contributed by atoms with E-state index in [1.807, 2.05) is 29.0 Å². The molecule has 2 aromatic heterocycles. The fraction of sp³-hybridized carbons (Fsp3) is 0.462. The summed E-state index contributed by atoms with van der Waals surface area (Å²) in [5.74, 6) is 0.718. The van der Waals surface area contributed by atoms with Gasteiger partial charge in [0.25, 0.3) is 0 Å². The highest BCUT2D eigenvalue weighted by Gasteiger charge is 2.34. The quantitative estimate of drug-likeness (QED) is 0.813. The second-order valence-corrected chi connectivity index (χ2v) is 6.74. The molecule has 5 nitrogen and oxygen atoms in total. The van der Waals surface area contributed by atoms with E-state index in [1.165, 1.54) is 11.8 Å². The predicted molar refractivity (Wildman–Crippen MR) is 78.8 cm³/mol. The predicted octanol–water partition coefficient (Wildman–Crippen LogP) is 2.82. The van der Waals surface area contributed by atoms with Crippen molar-refractivity contribution in [2.24, 2.45) is 0 Å². The molecule has 2 aromatic rings. The second-order valence-electron chi connectivity index (χ2n) is 4.62. The van der Waals surface area contributed by atoms with Crippen LogP contribution in [0.1, 0.15) is 20.3 Å². The Morgan fingerprint density at radius 3 is 3.00 bits per heavy atom. The molecule has 1 fully saturated rings. The molecule has 0 bridgehead atoms. The molecule has 0 aromatic carbocycles. The summed E-state index contributed by atoms with van der Waals surface area (Å²) in [6, 6.07) is 4.03. The SMILES string of the molecule is CCn1c(S[C@@H]2C[C@H](C)OC2=O)nnc1-c1cccs1. The van der Waals surface area contributed by atoms with E-state index in [-0.39, 0.29) is 17.3 Å². The van der Waals surface area contributed by atoms with Crippen molar-refractivity contribution >= 4 is 29.1 Å². The monoisotopic (exact) mass is 309 g/mol. The Bertz CT molecular complexity index is 609. The fourth-order valence-electron chi connectivity index (χ4n) is 2.19. The molecule has 20 heavy (non-hydrogen) atoms. The van der Waals surface area contributed by atoms with Gasteiger partial charge in [0.2, 0.25) is 0 Å². The largest absolute Gasteiger partial charge is 0.462 e. The van der Waals surface area contributed by atoms with Gasteiger partial charge in [0.05, 0.1) is 4.88 Å². The first-order valence-corrected chi connectivity index (χ1v) is 8.29. The minimum Gasteiger partial charge on any atom is -0.462 e. The number of hydrogen-bond acceptors (Lipinski definition) is 6. The van der Waals surface area contributed by atoms with E-state index in [9.17, 15) is 4.79 Å². The highest BCUT2D eigenvalue weighted by Crippen LogP contribution is 2.33. The maximum atomic E-state index is 11.7. The minimum absolute atomic E-state index is 0.00485. The van der Waals surface area contributed by atoms with Crippen molar-refractivity contribution in [2.75, 3.05) is 0 Å². The third-order valence-corrected chi connectivity index (χ3v) is 5.20. The number of thiophene rings is 1. The van der Waals surface area contributed by atoms with Gasteiger partial charge < -0.3 is 9.30 Å². The number of aromatic nitrogens is 3. The van der Waals surface area contributed by atoms with Crippen LogP contribution in [0.4, 0.5) is 0 Å². The molecule has 0 radical (unpaired) electrons. The molecule has 1 saturated heterocycles. The van der Waals surface area contributed by atoms with Crippen LogP contribution in [0.25, 0.3) is 10.7 Å². The summed E-state index contributed by atoms with van der Waals surface area (Å²) in [6.07, 6.45) is 0.726. The summed E-state index contributed by atoms with van der Waals surface area (Å²) in [5, 5.41) is 11.1. The molecule has 0 saturated carbocycles. The van der Waals surface area contributed by atoms with Crippen LogP contribution < -0.4 is 0 Å². The van der Waals surface area contributed by atoms with Crippen LogP contribution in [0.2, 0.25) is 0 Å². The summed E-state index contributed by atoms with van der Waals surface area (Å²) >= 11 is 3.09. The lowest BCUT2D eigenvalue weighted by Crippen LogP contribution is -2.11. The summed E-state index contributed by atoms with van der Waals surface area (Å²) in [4.78, 5) is 12.8. The number of thioether (sulfide) groups is 1. The highest BCUT2D eigenvalue weighted by atomic mass is 32.2. The molecule has 0 amide bonds. The van der Waals surface area contributed by atoms with E-state index >= 15 is 0 Å². The van der Waals surface area contributed by atoms with Crippen LogP contribution in [0.3, 0.4) is 0 Å². The third-order valence-electron chi connectivity index (χ3n) is 3.15. The van der Waals surface area contributed by atoms with Gasteiger partial charge in [0.1, 0.15) is 11.4 Å². The molecule has 3 heterocycles. The number of nitrogens with zero attached hydrogens (tertiary/aromatic N) is 3. The zero-order valence-corrected chi connectivity index (χ0v) is 12.9. The Kier molecular flexibility index (Phi) is 3.80. The Hall–Kier alpha value is -1.34. The van der Waals surface area contributed by atoms with Gasteiger partial charge in [-0.3, -0.25) is 4.79 Å². The summed E-state index contributed by atoms with van der Waals surface area (Å²) in [6.45, 7) is 4.75. The molecule has 1 aliphatic rings. The Morgan fingerprint density at radius 2 is 2.40 bits per heavy atom. The zero-order chi connectivity index (χ0) is 14.1. The van der Waals surface area contributed by atoms with Crippen molar-refractivity contribution < 1.29 is 9.53 Å². The maximum Gasteiger partial charge on any atom is 0.319 e. The lowest BCUT2D eigenvalue weighted by Gasteiger charge is -2.07. The van der Waals surface area contributed by atoms with Crippen LogP contribution in [0, 0.1) is 0 Å². The molecular formula is C13H15N3O2S2.